The smallest absolute Gasteiger partial charge is 0.140 e. The molecule has 0 spiro atoms. The van der Waals surface area contributed by atoms with Gasteiger partial charge in [0.15, 0.2) is 0 Å². The summed E-state index contributed by atoms with van der Waals surface area (Å²) in [5.74, 6) is -1.20. The fraction of sp³-hybridized carbons (Fsp3) is 0.250. The Hall–Kier alpha value is -0.840. The Bertz CT molecular complexity index is 696. The van der Waals surface area contributed by atoms with Gasteiger partial charge in [-0.15, -0.1) is 23.2 Å². The topological polar surface area (TPSA) is 9.23 Å². The predicted octanol–water partition coefficient (Wildman–Crippen LogP) is 5.79. The van der Waals surface area contributed by atoms with Gasteiger partial charge in [0.2, 0.25) is 0 Å². The summed E-state index contributed by atoms with van der Waals surface area (Å²) in [5, 5.41) is 0. The Morgan fingerprint density at radius 2 is 1.50 bits per heavy atom. The van der Waals surface area contributed by atoms with Crippen LogP contribution in [0.25, 0.3) is 0 Å². The van der Waals surface area contributed by atoms with E-state index in [-0.39, 0.29) is 16.3 Å². The predicted molar refractivity (Wildman–Crippen MR) is 87.0 cm³/mol. The van der Waals surface area contributed by atoms with E-state index in [1.165, 1.54) is 12.1 Å². The zero-order valence-electron chi connectivity index (χ0n) is 11.4. The standard InChI is InChI=1S/C16H11BrCl2F2O/c1-22-10-4-2-8(3-5-10)13-14(16(13,18)19)9-6-11(20)15(17)12(21)7-9/h2-7,13-14H,1H3/t13-,14-/m0/s1. The van der Waals surface area contributed by atoms with Gasteiger partial charge in [0.05, 0.1) is 11.6 Å². The molecule has 2 aromatic carbocycles. The summed E-state index contributed by atoms with van der Waals surface area (Å²) in [7, 11) is 1.58. The van der Waals surface area contributed by atoms with E-state index < -0.39 is 16.0 Å². The van der Waals surface area contributed by atoms with Crippen molar-refractivity contribution in [3.8, 4) is 5.75 Å². The first kappa shape index (κ1) is 16.0. The number of alkyl halides is 2. The summed E-state index contributed by atoms with van der Waals surface area (Å²) in [5.41, 5.74) is 1.35. The van der Waals surface area contributed by atoms with E-state index in [4.69, 9.17) is 27.9 Å². The van der Waals surface area contributed by atoms with Crippen LogP contribution in [-0.4, -0.2) is 11.4 Å². The van der Waals surface area contributed by atoms with E-state index >= 15 is 0 Å². The van der Waals surface area contributed by atoms with Gasteiger partial charge in [-0.05, 0) is 51.3 Å². The van der Waals surface area contributed by atoms with Gasteiger partial charge >= 0.3 is 0 Å². The number of halogens is 5. The van der Waals surface area contributed by atoms with Crippen molar-refractivity contribution < 1.29 is 13.5 Å². The van der Waals surface area contributed by atoms with Crippen LogP contribution >= 0.6 is 39.1 Å². The second-order valence-electron chi connectivity index (χ2n) is 5.20. The van der Waals surface area contributed by atoms with Gasteiger partial charge in [0.1, 0.15) is 21.7 Å². The molecule has 2 aromatic rings. The average molecular weight is 408 g/mol. The number of benzene rings is 2. The average Bonchev–Trinajstić information content (AvgIpc) is 3.07. The van der Waals surface area contributed by atoms with E-state index in [1.54, 1.807) is 19.2 Å². The minimum absolute atomic E-state index is 0.187. The van der Waals surface area contributed by atoms with Crippen molar-refractivity contribution in [2.45, 2.75) is 16.2 Å². The molecule has 1 aliphatic carbocycles. The molecule has 2 atom stereocenters. The van der Waals surface area contributed by atoms with Crippen LogP contribution in [-0.2, 0) is 0 Å². The van der Waals surface area contributed by atoms with Crippen molar-refractivity contribution in [1.29, 1.82) is 0 Å². The van der Waals surface area contributed by atoms with Crippen molar-refractivity contribution in [3.05, 3.63) is 63.6 Å². The Morgan fingerprint density at radius 1 is 1.00 bits per heavy atom. The minimum atomic E-state index is -1.08. The Balaban J connectivity index is 1.95. The van der Waals surface area contributed by atoms with Gasteiger partial charge in [-0.2, -0.15) is 0 Å². The molecule has 0 radical (unpaired) electrons. The molecular formula is C16H11BrCl2F2O. The molecule has 1 aliphatic rings. The van der Waals surface area contributed by atoms with Crippen LogP contribution in [0.1, 0.15) is 23.0 Å². The van der Waals surface area contributed by atoms with E-state index in [0.29, 0.717) is 5.56 Å². The molecule has 0 heterocycles. The second-order valence-corrected chi connectivity index (χ2v) is 7.44. The molecule has 1 fully saturated rings. The molecular weight excluding hydrogens is 397 g/mol. The highest BCUT2D eigenvalue weighted by Crippen LogP contribution is 2.70. The number of methoxy groups -OCH3 is 1. The molecule has 6 heteroatoms. The maximum atomic E-state index is 13.7. The molecule has 0 aliphatic heterocycles. The molecule has 0 aromatic heterocycles. The lowest BCUT2D eigenvalue weighted by atomic mass is 10.0. The van der Waals surface area contributed by atoms with Crippen LogP contribution in [0.4, 0.5) is 8.78 Å². The Morgan fingerprint density at radius 3 is 2.00 bits per heavy atom. The van der Waals surface area contributed by atoms with Gasteiger partial charge in [-0.25, -0.2) is 8.78 Å². The first-order valence-electron chi connectivity index (χ1n) is 6.52. The highest BCUT2D eigenvalue weighted by atomic mass is 79.9. The molecule has 0 saturated heterocycles. The molecule has 0 unspecified atom stereocenters. The Labute approximate surface area is 145 Å². The monoisotopic (exact) mass is 406 g/mol. The Kier molecular flexibility index (Phi) is 4.12. The van der Waals surface area contributed by atoms with Crippen molar-refractivity contribution in [2.24, 2.45) is 0 Å². The number of ether oxygens (including phenoxy) is 1. The normalized spacial score (nSPS) is 22.5. The maximum Gasteiger partial charge on any atom is 0.140 e. The molecule has 0 amide bonds. The number of hydrogen-bond donors (Lipinski definition) is 0. The summed E-state index contributed by atoms with van der Waals surface area (Å²) in [6, 6.07) is 9.85. The third-order valence-electron chi connectivity index (χ3n) is 3.89. The number of hydrogen-bond acceptors (Lipinski definition) is 1. The number of rotatable bonds is 3. The lowest BCUT2D eigenvalue weighted by Gasteiger charge is -2.04. The summed E-state index contributed by atoms with van der Waals surface area (Å²) in [6.07, 6.45) is 0. The van der Waals surface area contributed by atoms with Crippen LogP contribution in [0.3, 0.4) is 0 Å². The molecule has 1 saturated carbocycles. The SMILES string of the molecule is COc1ccc([C@H]2[C@H](c3cc(F)c(Br)c(F)c3)C2(Cl)Cl)cc1. The first-order chi connectivity index (χ1) is 10.4. The highest BCUT2D eigenvalue weighted by molar-refractivity contribution is 9.10. The van der Waals surface area contributed by atoms with Crippen LogP contribution in [0, 0.1) is 11.6 Å². The van der Waals surface area contributed by atoms with Gasteiger partial charge in [-0.3, -0.25) is 0 Å². The molecule has 116 valence electrons. The van der Waals surface area contributed by atoms with Crippen molar-refractivity contribution in [1.82, 2.24) is 0 Å². The fourth-order valence-electron chi connectivity index (χ4n) is 2.72. The zero-order valence-corrected chi connectivity index (χ0v) is 14.5. The lowest BCUT2D eigenvalue weighted by Crippen LogP contribution is -1.94. The fourth-order valence-corrected chi connectivity index (χ4v) is 3.83. The van der Waals surface area contributed by atoms with Crippen LogP contribution in [0.2, 0.25) is 0 Å². The molecule has 1 nitrogen and oxygen atoms in total. The summed E-state index contributed by atoms with van der Waals surface area (Å²) in [4.78, 5) is 0. The van der Waals surface area contributed by atoms with Gasteiger partial charge in [-0.1, -0.05) is 12.1 Å². The van der Waals surface area contributed by atoms with Crippen LogP contribution in [0.5, 0.6) is 5.75 Å². The van der Waals surface area contributed by atoms with E-state index in [9.17, 15) is 8.78 Å². The third-order valence-corrected chi connectivity index (χ3v) is 5.59. The van der Waals surface area contributed by atoms with Crippen molar-refractivity contribution >= 4 is 39.1 Å². The molecule has 0 bridgehead atoms. The van der Waals surface area contributed by atoms with Crippen molar-refractivity contribution in [3.63, 3.8) is 0 Å². The van der Waals surface area contributed by atoms with E-state index in [0.717, 1.165) is 11.3 Å². The van der Waals surface area contributed by atoms with Crippen LogP contribution in [0.15, 0.2) is 40.9 Å². The van der Waals surface area contributed by atoms with E-state index in [2.05, 4.69) is 15.9 Å². The van der Waals surface area contributed by atoms with E-state index in [1.807, 2.05) is 12.1 Å². The highest BCUT2D eigenvalue weighted by Gasteiger charge is 2.64. The molecule has 0 N–H and O–H groups in total. The van der Waals surface area contributed by atoms with Gasteiger partial charge < -0.3 is 4.74 Å². The van der Waals surface area contributed by atoms with Crippen LogP contribution < -0.4 is 4.74 Å². The molecule has 3 rings (SSSR count). The lowest BCUT2D eigenvalue weighted by molar-refractivity contribution is 0.414. The van der Waals surface area contributed by atoms with Gasteiger partial charge in [0, 0.05) is 11.8 Å². The minimum Gasteiger partial charge on any atom is -0.497 e. The largest absolute Gasteiger partial charge is 0.497 e. The maximum absolute atomic E-state index is 13.7. The first-order valence-corrected chi connectivity index (χ1v) is 8.07. The molecule has 22 heavy (non-hydrogen) atoms. The quantitative estimate of drug-likeness (QED) is 0.462. The zero-order chi connectivity index (χ0) is 16.1. The summed E-state index contributed by atoms with van der Waals surface area (Å²) >= 11 is 15.5. The third kappa shape index (κ3) is 2.61. The van der Waals surface area contributed by atoms with Gasteiger partial charge in [0.25, 0.3) is 0 Å². The second kappa shape index (κ2) is 5.66. The van der Waals surface area contributed by atoms with Crippen molar-refractivity contribution in [2.75, 3.05) is 7.11 Å². The summed E-state index contributed by atoms with van der Waals surface area (Å²) < 4.78 is 31.3. The summed E-state index contributed by atoms with van der Waals surface area (Å²) in [6.45, 7) is 0.